The van der Waals surface area contributed by atoms with E-state index in [2.05, 4.69) is 15.1 Å². The summed E-state index contributed by atoms with van der Waals surface area (Å²) < 4.78 is 10.7. The van der Waals surface area contributed by atoms with E-state index >= 15 is 0 Å². The second kappa shape index (κ2) is 9.41. The zero-order chi connectivity index (χ0) is 21.8. The lowest BCUT2D eigenvalue weighted by atomic mass is 10.2. The number of anilines is 1. The highest BCUT2D eigenvalue weighted by Gasteiger charge is 2.20. The fraction of sp³-hybridized carbons (Fsp3) is 0.304. The van der Waals surface area contributed by atoms with Gasteiger partial charge in [-0.05, 0) is 30.3 Å². The van der Waals surface area contributed by atoms with Gasteiger partial charge in [-0.1, -0.05) is 29.8 Å². The summed E-state index contributed by atoms with van der Waals surface area (Å²) in [5.41, 5.74) is 0.862. The molecule has 1 N–H and O–H groups in total. The summed E-state index contributed by atoms with van der Waals surface area (Å²) in [5.74, 6) is 0.390. The summed E-state index contributed by atoms with van der Waals surface area (Å²) in [4.78, 5) is 29.1. The van der Waals surface area contributed by atoms with Crippen molar-refractivity contribution in [3.8, 4) is 5.75 Å². The zero-order valence-corrected chi connectivity index (χ0v) is 18.0. The molecule has 4 rings (SSSR count). The summed E-state index contributed by atoms with van der Waals surface area (Å²) in [6.45, 7) is 4.52. The van der Waals surface area contributed by atoms with Gasteiger partial charge in [0.25, 0.3) is 5.91 Å². The molecular formula is C23H24ClN3O4. The first kappa shape index (κ1) is 21.2. The number of methoxy groups -OCH3 is 1. The van der Waals surface area contributed by atoms with Crippen molar-refractivity contribution >= 4 is 34.2 Å². The van der Waals surface area contributed by atoms with Gasteiger partial charge in [-0.25, -0.2) is 4.79 Å². The molecule has 0 bridgehead atoms. The van der Waals surface area contributed by atoms with Gasteiger partial charge < -0.3 is 19.4 Å². The number of hydrogen-bond donors (Lipinski definition) is 1. The molecule has 2 aromatic carbocycles. The van der Waals surface area contributed by atoms with Crippen LogP contribution in [0.5, 0.6) is 5.75 Å². The van der Waals surface area contributed by atoms with Crippen LogP contribution in [0.1, 0.15) is 10.4 Å². The van der Waals surface area contributed by atoms with Gasteiger partial charge in [-0.15, -0.1) is 0 Å². The summed E-state index contributed by atoms with van der Waals surface area (Å²) in [6.07, 6.45) is 0. The van der Waals surface area contributed by atoms with Crippen molar-refractivity contribution in [1.29, 1.82) is 0 Å². The molecule has 0 unspecified atom stereocenters. The largest absolute Gasteiger partial charge is 0.495 e. The third-order valence-electron chi connectivity index (χ3n) is 5.45. The number of benzene rings is 2. The molecule has 1 aliphatic rings. The summed E-state index contributed by atoms with van der Waals surface area (Å²) in [6, 6.07) is 14.3. The number of para-hydroxylation sites is 1. The van der Waals surface area contributed by atoms with Crippen LogP contribution in [0.3, 0.4) is 0 Å². The number of fused-ring (bicyclic) bond motifs is 1. The van der Waals surface area contributed by atoms with Crippen molar-refractivity contribution < 1.29 is 13.9 Å². The molecule has 31 heavy (non-hydrogen) atoms. The minimum absolute atomic E-state index is 0.0246. The van der Waals surface area contributed by atoms with Crippen LogP contribution in [0, 0.1) is 0 Å². The lowest BCUT2D eigenvalue weighted by molar-refractivity contribution is 0.0944. The lowest BCUT2D eigenvalue weighted by Gasteiger charge is -2.36. The first-order valence-corrected chi connectivity index (χ1v) is 10.5. The molecule has 3 aromatic rings. The first-order valence-electron chi connectivity index (χ1n) is 10.2. The molecule has 7 nitrogen and oxygen atoms in total. The van der Waals surface area contributed by atoms with Crippen molar-refractivity contribution in [3.63, 3.8) is 0 Å². The highest BCUT2D eigenvalue weighted by molar-refractivity contribution is 6.30. The minimum Gasteiger partial charge on any atom is -0.495 e. The van der Waals surface area contributed by atoms with E-state index in [4.69, 9.17) is 20.8 Å². The van der Waals surface area contributed by atoms with Gasteiger partial charge in [-0.3, -0.25) is 9.69 Å². The Balaban J connectivity index is 1.30. The zero-order valence-electron chi connectivity index (χ0n) is 17.3. The number of hydrogen-bond acceptors (Lipinski definition) is 6. The molecule has 1 aliphatic heterocycles. The summed E-state index contributed by atoms with van der Waals surface area (Å²) in [7, 11) is 1.65. The summed E-state index contributed by atoms with van der Waals surface area (Å²) in [5, 5.41) is 4.23. The quantitative estimate of drug-likeness (QED) is 0.593. The highest BCUT2D eigenvalue weighted by atomic mass is 35.5. The number of carbonyl (C=O) groups excluding carboxylic acids is 1. The van der Waals surface area contributed by atoms with Crippen molar-refractivity contribution in [2.24, 2.45) is 0 Å². The van der Waals surface area contributed by atoms with Gasteiger partial charge in [0.1, 0.15) is 16.9 Å². The van der Waals surface area contributed by atoms with Crippen LogP contribution in [0.2, 0.25) is 5.02 Å². The Morgan fingerprint density at radius 1 is 1.13 bits per heavy atom. The first-order chi connectivity index (χ1) is 15.0. The average molecular weight is 442 g/mol. The average Bonchev–Trinajstić information content (AvgIpc) is 2.79. The molecule has 1 aromatic heterocycles. The second-order valence-corrected chi connectivity index (χ2v) is 7.82. The molecule has 1 amide bonds. The smallest absolute Gasteiger partial charge is 0.349 e. The maximum absolute atomic E-state index is 12.5. The Labute approximate surface area is 185 Å². The van der Waals surface area contributed by atoms with E-state index in [0.29, 0.717) is 23.7 Å². The Morgan fingerprint density at radius 3 is 2.68 bits per heavy atom. The van der Waals surface area contributed by atoms with Gasteiger partial charge in [0.2, 0.25) is 0 Å². The van der Waals surface area contributed by atoms with Crippen molar-refractivity contribution in [3.05, 3.63) is 69.5 Å². The second-order valence-electron chi connectivity index (χ2n) is 7.39. The van der Waals surface area contributed by atoms with Crippen LogP contribution >= 0.6 is 11.6 Å². The molecule has 0 atom stereocenters. The number of halogens is 1. The van der Waals surface area contributed by atoms with Gasteiger partial charge in [0.05, 0.1) is 12.8 Å². The van der Waals surface area contributed by atoms with Crippen LogP contribution in [-0.4, -0.2) is 57.2 Å². The van der Waals surface area contributed by atoms with Crippen molar-refractivity contribution in [1.82, 2.24) is 10.2 Å². The number of piperazine rings is 1. The highest BCUT2D eigenvalue weighted by Crippen LogP contribution is 2.31. The van der Waals surface area contributed by atoms with E-state index in [9.17, 15) is 9.59 Å². The van der Waals surface area contributed by atoms with E-state index < -0.39 is 11.5 Å². The maximum atomic E-state index is 12.5. The summed E-state index contributed by atoms with van der Waals surface area (Å²) >= 11 is 6.15. The molecule has 0 aliphatic carbocycles. The van der Waals surface area contributed by atoms with Crippen LogP contribution in [0.4, 0.5) is 5.69 Å². The number of carbonyl (C=O) groups is 1. The van der Waals surface area contributed by atoms with Crippen LogP contribution in [-0.2, 0) is 0 Å². The molecule has 1 fully saturated rings. The Morgan fingerprint density at radius 2 is 1.90 bits per heavy atom. The van der Waals surface area contributed by atoms with Gasteiger partial charge in [0.15, 0.2) is 0 Å². The van der Waals surface area contributed by atoms with Crippen molar-refractivity contribution in [2.45, 2.75) is 0 Å². The SMILES string of the molecule is COc1ccc(Cl)cc1N1CCN(CCNC(=O)c2cc3ccccc3oc2=O)CC1. The van der Waals surface area contributed by atoms with E-state index in [1.807, 2.05) is 30.3 Å². The lowest BCUT2D eigenvalue weighted by Crippen LogP contribution is -2.48. The molecule has 0 radical (unpaired) electrons. The molecular weight excluding hydrogens is 418 g/mol. The molecule has 0 spiro atoms. The number of rotatable bonds is 6. The van der Waals surface area contributed by atoms with Crippen LogP contribution in [0.15, 0.2) is 57.7 Å². The predicted octanol–water partition coefficient (Wildman–Crippen LogP) is 3.01. The molecule has 0 saturated carbocycles. The molecule has 8 heteroatoms. The standard InChI is InChI=1S/C23H24ClN3O4/c1-30-21-7-6-17(24)15-19(21)27-12-10-26(11-13-27)9-8-25-22(28)18-14-16-4-2-3-5-20(16)31-23(18)29/h2-7,14-15H,8-13H2,1H3,(H,25,28). The fourth-order valence-corrected chi connectivity index (χ4v) is 3.93. The predicted molar refractivity (Wildman–Crippen MR) is 121 cm³/mol. The van der Waals surface area contributed by atoms with Crippen molar-refractivity contribution in [2.75, 3.05) is 51.3 Å². The van der Waals surface area contributed by atoms with Gasteiger partial charge in [-0.2, -0.15) is 0 Å². The minimum atomic E-state index is -0.625. The van der Waals surface area contributed by atoms with Crippen LogP contribution < -0.4 is 20.6 Å². The number of amides is 1. The normalized spacial score (nSPS) is 14.6. The monoisotopic (exact) mass is 441 g/mol. The molecule has 162 valence electrons. The van der Waals surface area contributed by atoms with E-state index in [1.54, 1.807) is 25.3 Å². The van der Waals surface area contributed by atoms with Gasteiger partial charge >= 0.3 is 5.63 Å². The molecule has 1 saturated heterocycles. The fourth-order valence-electron chi connectivity index (χ4n) is 3.77. The number of nitrogens with one attached hydrogen (secondary N) is 1. The Hall–Kier alpha value is -3.03. The van der Waals surface area contributed by atoms with Crippen LogP contribution in [0.25, 0.3) is 11.0 Å². The number of nitrogens with zero attached hydrogens (tertiary/aromatic N) is 2. The Kier molecular flexibility index (Phi) is 6.44. The third kappa shape index (κ3) is 4.84. The maximum Gasteiger partial charge on any atom is 0.349 e. The van der Waals surface area contributed by atoms with E-state index in [0.717, 1.165) is 43.0 Å². The topological polar surface area (TPSA) is 75.0 Å². The van der Waals surface area contributed by atoms with Gasteiger partial charge in [0, 0.05) is 49.7 Å². The molecule has 2 heterocycles. The van der Waals surface area contributed by atoms with E-state index in [-0.39, 0.29) is 5.56 Å². The third-order valence-corrected chi connectivity index (χ3v) is 5.69. The number of ether oxygens (including phenoxy) is 1. The Bertz CT molecular complexity index is 1140. The van der Waals surface area contributed by atoms with E-state index in [1.165, 1.54) is 0 Å².